The molecule has 0 aliphatic heterocycles. The Morgan fingerprint density at radius 2 is 2.11 bits per heavy atom. The highest BCUT2D eigenvalue weighted by atomic mass is 32.1. The van der Waals surface area contributed by atoms with Crippen LogP contribution < -0.4 is 11.1 Å². The second-order valence-corrected chi connectivity index (χ2v) is 5.89. The van der Waals surface area contributed by atoms with Crippen LogP contribution in [0.25, 0.3) is 0 Å². The lowest BCUT2D eigenvalue weighted by Crippen LogP contribution is -2.34. The van der Waals surface area contributed by atoms with E-state index in [4.69, 9.17) is 5.73 Å². The normalized spacial score (nSPS) is 17.1. The van der Waals surface area contributed by atoms with E-state index in [1.54, 1.807) is 0 Å². The molecule has 4 nitrogen and oxygen atoms in total. The summed E-state index contributed by atoms with van der Waals surface area (Å²) in [6.45, 7) is 9.90. The minimum atomic E-state index is 0.433. The zero-order valence-electron chi connectivity index (χ0n) is 11.6. The van der Waals surface area contributed by atoms with Gasteiger partial charge >= 0.3 is 0 Å². The van der Waals surface area contributed by atoms with Gasteiger partial charge in [-0.1, -0.05) is 13.8 Å². The molecule has 1 aliphatic rings. The molecule has 1 aromatic heterocycles. The molecule has 3 N–H and O–H groups in total. The largest absolute Gasteiger partial charge is 0.383 e. The van der Waals surface area contributed by atoms with E-state index >= 15 is 0 Å². The fourth-order valence-electron chi connectivity index (χ4n) is 2.32. The Balaban J connectivity index is 1.96. The second kappa shape index (κ2) is 5.89. The minimum Gasteiger partial charge on any atom is -0.383 e. The van der Waals surface area contributed by atoms with Gasteiger partial charge < -0.3 is 16.0 Å². The predicted octanol–water partition coefficient (Wildman–Crippen LogP) is 2.74. The van der Waals surface area contributed by atoms with Crippen molar-refractivity contribution in [3.05, 3.63) is 5.56 Å². The van der Waals surface area contributed by atoms with E-state index in [0.29, 0.717) is 12.0 Å². The zero-order valence-corrected chi connectivity index (χ0v) is 12.4. The lowest BCUT2D eigenvalue weighted by Gasteiger charge is -2.23. The Bertz CT molecular complexity index is 382. The van der Waals surface area contributed by atoms with Crippen LogP contribution in [0, 0.1) is 0 Å². The van der Waals surface area contributed by atoms with E-state index in [-0.39, 0.29) is 0 Å². The smallest absolute Gasteiger partial charge is 0.142 e. The highest BCUT2D eigenvalue weighted by molar-refractivity contribution is 7.10. The fourth-order valence-corrected chi connectivity index (χ4v) is 3.23. The van der Waals surface area contributed by atoms with Gasteiger partial charge in [0.15, 0.2) is 0 Å². The number of nitrogens with one attached hydrogen (secondary N) is 1. The second-order valence-electron chi connectivity index (χ2n) is 5.12. The van der Waals surface area contributed by atoms with Gasteiger partial charge in [-0.25, -0.2) is 0 Å². The molecule has 18 heavy (non-hydrogen) atoms. The molecular weight excluding hydrogens is 244 g/mol. The SMILES string of the molecule is CCN(CC)CC(C)Nc1snc(N)c1C1CC1. The molecule has 0 amide bonds. The van der Waals surface area contributed by atoms with Gasteiger partial charge in [0.2, 0.25) is 0 Å². The van der Waals surface area contributed by atoms with Gasteiger partial charge in [0, 0.05) is 18.2 Å². The molecular formula is C13H24N4S. The number of aromatic nitrogens is 1. The van der Waals surface area contributed by atoms with E-state index in [9.17, 15) is 0 Å². The number of likely N-dealkylation sites (N-methyl/N-ethyl adjacent to an activating group) is 1. The molecule has 1 fully saturated rings. The third kappa shape index (κ3) is 3.14. The van der Waals surface area contributed by atoms with Crippen LogP contribution in [-0.4, -0.2) is 34.9 Å². The molecule has 2 rings (SSSR count). The molecule has 1 atom stereocenters. The number of anilines is 2. The zero-order chi connectivity index (χ0) is 13.1. The van der Waals surface area contributed by atoms with Gasteiger partial charge in [-0.3, -0.25) is 0 Å². The van der Waals surface area contributed by atoms with Crippen molar-refractivity contribution < 1.29 is 0 Å². The monoisotopic (exact) mass is 268 g/mol. The fraction of sp³-hybridized carbons (Fsp3) is 0.769. The molecule has 1 unspecified atom stereocenters. The predicted molar refractivity (Wildman–Crippen MR) is 79.4 cm³/mol. The van der Waals surface area contributed by atoms with Gasteiger partial charge in [-0.15, -0.1) is 0 Å². The molecule has 1 aliphatic carbocycles. The molecule has 0 bridgehead atoms. The summed E-state index contributed by atoms with van der Waals surface area (Å²) >= 11 is 1.51. The molecule has 1 saturated carbocycles. The molecule has 0 aromatic carbocycles. The van der Waals surface area contributed by atoms with Gasteiger partial charge in [-0.05, 0) is 50.3 Å². The first-order valence-electron chi connectivity index (χ1n) is 6.89. The van der Waals surface area contributed by atoms with Crippen molar-refractivity contribution in [2.75, 3.05) is 30.7 Å². The van der Waals surface area contributed by atoms with E-state index in [1.165, 1.54) is 34.9 Å². The standard InChI is InChI=1S/C13H24N4S/c1-4-17(5-2)8-9(3)15-13-11(10-6-7-10)12(14)16-18-13/h9-10,15H,4-8H2,1-3H3,(H2,14,16). The first-order chi connectivity index (χ1) is 8.65. The summed E-state index contributed by atoms with van der Waals surface area (Å²) in [6, 6.07) is 0.433. The number of hydrogen-bond donors (Lipinski definition) is 2. The Morgan fingerprint density at radius 3 is 2.67 bits per heavy atom. The number of nitrogens with zero attached hydrogens (tertiary/aromatic N) is 2. The van der Waals surface area contributed by atoms with Gasteiger partial charge in [0.1, 0.15) is 10.8 Å². The topological polar surface area (TPSA) is 54.2 Å². The van der Waals surface area contributed by atoms with Crippen LogP contribution in [0.3, 0.4) is 0 Å². The first-order valence-corrected chi connectivity index (χ1v) is 7.66. The van der Waals surface area contributed by atoms with Crippen LogP contribution in [0.4, 0.5) is 10.8 Å². The molecule has 0 radical (unpaired) electrons. The molecule has 5 heteroatoms. The summed E-state index contributed by atoms with van der Waals surface area (Å²) in [5.41, 5.74) is 7.23. The average Bonchev–Trinajstić information content (AvgIpc) is 3.12. The molecule has 102 valence electrons. The summed E-state index contributed by atoms with van der Waals surface area (Å²) in [6.07, 6.45) is 2.53. The van der Waals surface area contributed by atoms with Crippen molar-refractivity contribution in [1.29, 1.82) is 0 Å². The number of hydrogen-bond acceptors (Lipinski definition) is 5. The van der Waals surface area contributed by atoms with Crippen LogP contribution in [0.2, 0.25) is 0 Å². The Hall–Kier alpha value is -0.810. The van der Waals surface area contributed by atoms with Crippen LogP contribution in [0.5, 0.6) is 0 Å². The summed E-state index contributed by atoms with van der Waals surface area (Å²) in [7, 11) is 0. The molecule has 0 saturated heterocycles. The summed E-state index contributed by atoms with van der Waals surface area (Å²) in [4.78, 5) is 2.43. The highest BCUT2D eigenvalue weighted by Crippen LogP contribution is 2.47. The van der Waals surface area contributed by atoms with E-state index in [2.05, 4.69) is 35.4 Å². The quantitative estimate of drug-likeness (QED) is 0.798. The lowest BCUT2D eigenvalue weighted by molar-refractivity contribution is 0.295. The Kier molecular flexibility index (Phi) is 4.45. The third-order valence-corrected chi connectivity index (χ3v) is 4.35. The summed E-state index contributed by atoms with van der Waals surface area (Å²) in [5, 5.41) is 4.78. The van der Waals surface area contributed by atoms with Crippen LogP contribution in [-0.2, 0) is 0 Å². The van der Waals surface area contributed by atoms with Gasteiger partial charge in [0.25, 0.3) is 0 Å². The summed E-state index contributed by atoms with van der Waals surface area (Å²) in [5.74, 6) is 1.40. The lowest BCUT2D eigenvalue weighted by atomic mass is 10.2. The van der Waals surface area contributed by atoms with E-state index in [1.807, 2.05) is 0 Å². The van der Waals surface area contributed by atoms with Crippen molar-refractivity contribution >= 4 is 22.4 Å². The van der Waals surface area contributed by atoms with Crippen LogP contribution in [0.15, 0.2) is 0 Å². The maximum absolute atomic E-state index is 5.96. The minimum absolute atomic E-state index is 0.433. The number of nitrogen functional groups attached to an aromatic ring is 1. The van der Waals surface area contributed by atoms with E-state index < -0.39 is 0 Å². The van der Waals surface area contributed by atoms with Crippen molar-refractivity contribution in [3.63, 3.8) is 0 Å². The third-order valence-electron chi connectivity index (χ3n) is 3.55. The number of rotatable bonds is 7. The van der Waals surface area contributed by atoms with E-state index in [0.717, 1.165) is 25.5 Å². The first kappa shape index (κ1) is 13.6. The van der Waals surface area contributed by atoms with Crippen molar-refractivity contribution in [2.24, 2.45) is 0 Å². The van der Waals surface area contributed by atoms with Crippen LogP contribution >= 0.6 is 11.5 Å². The Labute approximate surface area is 114 Å². The number of nitrogens with two attached hydrogens (primary N) is 1. The summed E-state index contributed by atoms with van der Waals surface area (Å²) < 4.78 is 4.29. The molecule has 1 aromatic rings. The van der Waals surface area contributed by atoms with Crippen molar-refractivity contribution in [1.82, 2.24) is 9.27 Å². The molecule has 0 spiro atoms. The average molecular weight is 268 g/mol. The maximum Gasteiger partial charge on any atom is 0.142 e. The van der Waals surface area contributed by atoms with Gasteiger partial charge in [0.05, 0.1) is 0 Å². The molecule has 1 heterocycles. The van der Waals surface area contributed by atoms with Crippen molar-refractivity contribution in [2.45, 2.75) is 45.6 Å². The van der Waals surface area contributed by atoms with Gasteiger partial charge in [-0.2, -0.15) is 4.37 Å². The van der Waals surface area contributed by atoms with Crippen molar-refractivity contribution in [3.8, 4) is 0 Å². The maximum atomic E-state index is 5.96. The Morgan fingerprint density at radius 1 is 1.44 bits per heavy atom. The highest BCUT2D eigenvalue weighted by Gasteiger charge is 2.30. The van der Waals surface area contributed by atoms with Crippen LogP contribution in [0.1, 0.15) is 45.1 Å².